The van der Waals surface area contributed by atoms with Crippen molar-refractivity contribution in [2.45, 2.75) is 25.3 Å². The molecule has 0 amide bonds. The molecular weight excluding hydrogens is 338 g/mol. The van der Waals surface area contributed by atoms with Crippen molar-refractivity contribution in [3.63, 3.8) is 0 Å². The average Bonchev–Trinajstić information content (AvgIpc) is 2.50. The van der Waals surface area contributed by atoms with Crippen LogP contribution in [0.4, 0.5) is 8.78 Å². The number of nitrogens with two attached hydrogens (primary N) is 1. The smallest absolute Gasteiger partial charge is 0.145 e. The van der Waals surface area contributed by atoms with Crippen molar-refractivity contribution in [2.75, 3.05) is 0 Å². The van der Waals surface area contributed by atoms with E-state index in [4.69, 9.17) is 5.84 Å². The summed E-state index contributed by atoms with van der Waals surface area (Å²) < 4.78 is 28.2. The van der Waals surface area contributed by atoms with E-state index in [9.17, 15) is 8.78 Å². The fourth-order valence-corrected chi connectivity index (χ4v) is 2.67. The lowest BCUT2D eigenvalue weighted by molar-refractivity contribution is 0.443. The van der Waals surface area contributed by atoms with Crippen molar-refractivity contribution in [1.82, 2.24) is 5.43 Å². The molecule has 21 heavy (non-hydrogen) atoms. The Bertz CT molecular complexity index is 590. The first-order valence-electron chi connectivity index (χ1n) is 6.77. The van der Waals surface area contributed by atoms with Crippen LogP contribution in [0.2, 0.25) is 0 Å². The van der Waals surface area contributed by atoms with Crippen molar-refractivity contribution < 1.29 is 8.78 Å². The van der Waals surface area contributed by atoms with Gasteiger partial charge in [0.2, 0.25) is 0 Å². The topological polar surface area (TPSA) is 38.0 Å². The summed E-state index contributed by atoms with van der Waals surface area (Å²) in [6.45, 7) is 0. The van der Waals surface area contributed by atoms with E-state index >= 15 is 0 Å². The van der Waals surface area contributed by atoms with E-state index in [-0.39, 0.29) is 10.0 Å². The third-order valence-electron chi connectivity index (χ3n) is 3.43. The lowest BCUT2D eigenvalue weighted by Gasteiger charge is -2.18. The first-order valence-corrected chi connectivity index (χ1v) is 7.56. The minimum atomic E-state index is -0.599. The van der Waals surface area contributed by atoms with Crippen LogP contribution in [0.5, 0.6) is 0 Å². The Balaban J connectivity index is 2.05. The first kappa shape index (κ1) is 16.1. The molecule has 2 aromatic rings. The molecule has 0 aromatic heterocycles. The van der Waals surface area contributed by atoms with Crippen molar-refractivity contribution in [3.8, 4) is 0 Å². The number of halogens is 3. The van der Waals surface area contributed by atoms with Crippen molar-refractivity contribution in [3.05, 3.63) is 69.7 Å². The fraction of sp³-hybridized carbons (Fsp3) is 0.250. The second kappa shape index (κ2) is 7.64. The molecule has 3 N–H and O–H groups in total. The normalized spacial score (nSPS) is 12.4. The Labute approximate surface area is 131 Å². The van der Waals surface area contributed by atoms with Gasteiger partial charge in [0.25, 0.3) is 0 Å². The van der Waals surface area contributed by atoms with E-state index in [2.05, 4.69) is 21.4 Å². The second-order valence-corrected chi connectivity index (χ2v) is 5.71. The molecule has 0 saturated carbocycles. The molecule has 0 aliphatic rings. The van der Waals surface area contributed by atoms with Crippen LogP contribution < -0.4 is 11.3 Å². The summed E-state index contributed by atoms with van der Waals surface area (Å²) in [7, 11) is 0. The molecule has 0 aliphatic heterocycles. The van der Waals surface area contributed by atoms with E-state index in [1.807, 2.05) is 30.3 Å². The van der Waals surface area contributed by atoms with Gasteiger partial charge in [-0.25, -0.2) is 8.78 Å². The number of aryl methyl sites for hydroxylation is 1. The minimum Gasteiger partial charge on any atom is -0.271 e. The van der Waals surface area contributed by atoms with E-state index in [1.165, 1.54) is 17.7 Å². The molecule has 0 heterocycles. The van der Waals surface area contributed by atoms with E-state index in [0.29, 0.717) is 6.42 Å². The standard InChI is InChI=1S/C16H17BrF2N2/c17-12-9-10-13(18)15(16(12)19)14(21-20)8-4-7-11-5-2-1-3-6-11/h1-3,5-6,9-10,14,21H,4,7-8,20H2. The van der Waals surface area contributed by atoms with Crippen LogP contribution in [0.15, 0.2) is 46.9 Å². The van der Waals surface area contributed by atoms with Gasteiger partial charge >= 0.3 is 0 Å². The highest BCUT2D eigenvalue weighted by atomic mass is 79.9. The van der Waals surface area contributed by atoms with Gasteiger partial charge in [0, 0.05) is 5.56 Å². The summed E-state index contributed by atoms with van der Waals surface area (Å²) in [5.41, 5.74) is 3.70. The van der Waals surface area contributed by atoms with Crippen LogP contribution in [0.25, 0.3) is 0 Å². The van der Waals surface area contributed by atoms with Crippen LogP contribution in [0, 0.1) is 11.6 Å². The third kappa shape index (κ3) is 4.09. The van der Waals surface area contributed by atoms with Crippen molar-refractivity contribution in [2.24, 2.45) is 5.84 Å². The summed E-state index contributed by atoms with van der Waals surface area (Å²) in [6, 6.07) is 12.0. The SMILES string of the molecule is NNC(CCCc1ccccc1)c1c(F)ccc(Br)c1F. The Morgan fingerprint density at radius 1 is 1.10 bits per heavy atom. The summed E-state index contributed by atoms with van der Waals surface area (Å²) in [5.74, 6) is 4.29. The first-order chi connectivity index (χ1) is 10.1. The van der Waals surface area contributed by atoms with Gasteiger partial charge in [-0.05, 0) is 52.9 Å². The lowest BCUT2D eigenvalue weighted by Crippen LogP contribution is -2.29. The molecule has 1 atom stereocenters. The molecule has 112 valence electrons. The Morgan fingerprint density at radius 2 is 1.81 bits per heavy atom. The maximum atomic E-state index is 14.1. The van der Waals surface area contributed by atoms with Crippen molar-refractivity contribution >= 4 is 15.9 Å². The summed E-state index contributed by atoms with van der Waals surface area (Å²) >= 11 is 3.07. The maximum absolute atomic E-state index is 14.1. The highest BCUT2D eigenvalue weighted by Gasteiger charge is 2.20. The molecule has 0 fully saturated rings. The predicted octanol–water partition coefficient (Wildman–Crippen LogP) is 4.25. The largest absolute Gasteiger partial charge is 0.271 e. The van der Waals surface area contributed by atoms with Crippen LogP contribution in [-0.4, -0.2) is 0 Å². The van der Waals surface area contributed by atoms with Gasteiger partial charge in [-0.15, -0.1) is 0 Å². The highest BCUT2D eigenvalue weighted by Crippen LogP contribution is 2.29. The van der Waals surface area contributed by atoms with Crippen LogP contribution in [0.1, 0.15) is 30.0 Å². The molecule has 2 aromatic carbocycles. The molecule has 2 nitrogen and oxygen atoms in total. The molecule has 0 saturated heterocycles. The van der Waals surface area contributed by atoms with Gasteiger partial charge in [-0.2, -0.15) is 0 Å². The summed E-state index contributed by atoms with van der Waals surface area (Å²) in [4.78, 5) is 0. The summed E-state index contributed by atoms with van der Waals surface area (Å²) in [6.07, 6.45) is 2.18. The van der Waals surface area contributed by atoms with Crippen LogP contribution >= 0.6 is 15.9 Å². The Hall–Kier alpha value is -1.30. The number of hydrogen-bond donors (Lipinski definition) is 2. The Morgan fingerprint density at radius 3 is 2.48 bits per heavy atom. The van der Waals surface area contributed by atoms with Gasteiger partial charge in [-0.1, -0.05) is 30.3 Å². The number of rotatable bonds is 6. The summed E-state index contributed by atoms with van der Waals surface area (Å²) in [5, 5.41) is 0. The van der Waals surface area contributed by atoms with Gasteiger partial charge in [0.1, 0.15) is 11.6 Å². The molecule has 1 unspecified atom stereocenters. The van der Waals surface area contributed by atoms with E-state index < -0.39 is 17.7 Å². The average molecular weight is 355 g/mol. The zero-order valence-corrected chi connectivity index (χ0v) is 13.0. The van der Waals surface area contributed by atoms with Crippen LogP contribution in [0.3, 0.4) is 0 Å². The molecule has 0 aliphatic carbocycles. The molecule has 0 radical (unpaired) electrons. The molecule has 0 bridgehead atoms. The van der Waals surface area contributed by atoms with E-state index in [0.717, 1.165) is 12.8 Å². The predicted molar refractivity (Wildman–Crippen MR) is 83.5 cm³/mol. The number of hydrazine groups is 1. The monoisotopic (exact) mass is 354 g/mol. The Kier molecular flexibility index (Phi) is 5.85. The van der Waals surface area contributed by atoms with Gasteiger partial charge < -0.3 is 0 Å². The zero-order valence-electron chi connectivity index (χ0n) is 11.5. The van der Waals surface area contributed by atoms with Gasteiger partial charge in [0.05, 0.1) is 10.5 Å². The van der Waals surface area contributed by atoms with E-state index in [1.54, 1.807) is 0 Å². The molecule has 5 heteroatoms. The van der Waals surface area contributed by atoms with Crippen LogP contribution in [-0.2, 0) is 6.42 Å². The van der Waals surface area contributed by atoms with Gasteiger partial charge in [-0.3, -0.25) is 11.3 Å². The molecular formula is C16H17BrF2N2. The fourth-order valence-electron chi connectivity index (χ4n) is 2.33. The lowest BCUT2D eigenvalue weighted by atomic mass is 9.98. The molecule has 2 rings (SSSR count). The van der Waals surface area contributed by atoms with Crippen molar-refractivity contribution in [1.29, 1.82) is 0 Å². The number of nitrogens with one attached hydrogen (secondary N) is 1. The quantitative estimate of drug-likeness (QED) is 0.462. The minimum absolute atomic E-state index is 0.0139. The molecule has 0 spiro atoms. The third-order valence-corrected chi connectivity index (χ3v) is 4.04. The van der Waals surface area contributed by atoms with Gasteiger partial charge in [0.15, 0.2) is 0 Å². The number of benzene rings is 2. The zero-order chi connectivity index (χ0) is 15.2. The maximum Gasteiger partial charge on any atom is 0.145 e. The second-order valence-electron chi connectivity index (χ2n) is 4.85. The highest BCUT2D eigenvalue weighted by molar-refractivity contribution is 9.10. The number of hydrogen-bond acceptors (Lipinski definition) is 2.